The van der Waals surface area contributed by atoms with Gasteiger partial charge in [0.05, 0.1) is 0 Å². The van der Waals surface area contributed by atoms with Gasteiger partial charge in [-0.1, -0.05) is 24.9 Å². The van der Waals surface area contributed by atoms with Crippen molar-refractivity contribution in [2.45, 2.75) is 45.1 Å². The fraction of sp³-hybridized carbons (Fsp3) is 0.647. The van der Waals surface area contributed by atoms with Crippen molar-refractivity contribution in [1.82, 2.24) is 5.32 Å². The number of likely N-dealkylation sites (N-methyl/N-ethyl adjacent to an activating group) is 1. The lowest BCUT2D eigenvalue weighted by molar-refractivity contribution is 0.248. The Kier molecular flexibility index (Phi) is 4.32. The van der Waals surface area contributed by atoms with Crippen molar-refractivity contribution in [3.05, 3.63) is 34.6 Å². The lowest BCUT2D eigenvalue weighted by Crippen LogP contribution is -2.40. The maximum Gasteiger partial charge on any atom is 0.126 e. The van der Waals surface area contributed by atoms with E-state index in [2.05, 4.69) is 12.2 Å². The molecule has 4 unspecified atom stereocenters. The molecular weight excluding hydrogens is 273 g/mol. The number of rotatable bonds is 5. The molecule has 0 aromatic heterocycles. The van der Waals surface area contributed by atoms with E-state index in [0.29, 0.717) is 17.0 Å². The van der Waals surface area contributed by atoms with E-state index in [4.69, 9.17) is 11.6 Å². The first-order chi connectivity index (χ1) is 9.67. The summed E-state index contributed by atoms with van der Waals surface area (Å²) in [5, 5.41) is 4.22. The zero-order valence-electron chi connectivity index (χ0n) is 12.0. The van der Waals surface area contributed by atoms with E-state index in [0.717, 1.165) is 30.4 Å². The second kappa shape index (κ2) is 6.03. The summed E-state index contributed by atoms with van der Waals surface area (Å²) in [5.41, 5.74) is 0.756. The highest BCUT2D eigenvalue weighted by atomic mass is 35.5. The van der Waals surface area contributed by atoms with E-state index in [1.54, 1.807) is 12.1 Å². The molecule has 2 saturated carbocycles. The third kappa shape index (κ3) is 2.87. The Morgan fingerprint density at radius 1 is 1.35 bits per heavy atom. The van der Waals surface area contributed by atoms with Crippen molar-refractivity contribution in [2.75, 3.05) is 6.54 Å². The first-order valence-corrected chi connectivity index (χ1v) is 8.22. The fourth-order valence-corrected chi connectivity index (χ4v) is 4.56. The van der Waals surface area contributed by atoms with Crippen molar-refractivity contribution in [1.29, 1.82) is 0 Å². The summed E-state index contributed by atoms with van der Waals surface area (Å²) < 4.78 is 14.0. The maximum atomic E-state index is 14.0. The van der Waals surface area contributed by atoms with E-state index in [9.17, 15) is 4.39 Å². The van der Waals surface area contributed by atoms with Gasteiger partial charge in [0.2, 0.25) is 0 Å². The second-order valence-electron chi connectivity index (χ2n) is 6.44. The number of nitrogens with one attached hydrogen (secondary N) is 1. The Hall–Kier alpha value is -0.600. The van der Waals surface area contributed by atoms with Crippen molar-refractivity contribution < 1.29 is 4.39 Å². The van der Waals surface area contributed by atoms with Gasteiger partial charge >= 0.3 is 0 Å². The Morgan fingerprint density at radius 3 is 2.85 bits per heavy atom. The van der Waals surface area contributed by atoms with Crippen LogP contribution in [0.1, 0.15) is 38.2 Å². The van der Waals surface area contributed by atoms with Gasteiger partial charge in [-0.05, 0) is 73.7 Å². The summed E-state index contributed by atoms with van der Waals surface area (Å²) in [6, 6.07) is 5.29. The molecule has 0 aliphatic heterocycles. The molecule has 0 radical (unpaired) electrons. The third-order valence-corrected chi connectivity index (χ3v) is 5.46. The molecule has 1 nitrogen and oxygen atoms in total. The molecule has 2 aliphatic carbocycles. The molecule has 1 N–H and O–H groups in total. The number of hydrogen-bond acceptors (Lipinski definition) is 1. The Bertz CT molecular complexity index is 476. The van der Waals surface area contributed by atoms with E-state index < -0.39 is 0 Å². The quantitative estimate of drug-likeness (QED) is 0.847. The maximum absolute atomic E-state index is 14.0. The molecule has 1 aromatic carbocycles. The summed E-state index contributed by atoms with van der Waals surface area (Å²) in [6.07, 6.45) is 6.25. The Balaban J connectivity index is 1.75. The van der Waals surface area contributed by atoms with Gasteiger partial charge < -0.3 is 5.32 Å². The van der Waals surface area contributed by atoms with Crippen LogP contribution in [0.4, 0.5) is 4.39 Å². The molecule has 3 rings (SSSR count). The van der Waals surface area contributed by atoms with Crippen molar-refractivity contribution in [3.8, 4) is 0 Å². The van der Waals surface area contributed by atoms with Gasteiger partial charge in [-0.3, -0.25) is 0 Å². The van der Waals surface area contributed by atoms with E-state index in [1.807, 2.05) is 0 Å². The minimum absolute atomic E-state index is 0.125. The second-order valence-corrected chi connectivity index (χ2v) is 6.88. The van der Waals surface area contributed by atoms with Gasteiger partial charge in [0.25, 0.3) is 0 Å². The predicted molar refractivity (Wildman–Crippen MR) is 81.5 cm³/mol. The normalized spacial score (nSPS) is 29.9. The van der Waals surface area contributed by atoms with Crippen LogP contribution < -0.4 is 5.32 Å². The molecule has 4 atom stereocenters. The number of halogens is 2. The summed E-state index contributed by atoms with van der Waals surface area (Å²) in [5.74, 6) is 2.37. The summed E-state index contributed by atoms with van der Waals surface area (Å²) in [4.78, 5) is 0. The highest BCUT2D eigenvalue weighted by Crippen LogP contribution is 2.50. The molecular formula is C17H23ClFN. The predicted octanol–water partition coefficient (Wildman–Crippen LogP) is 4.44. The molecule has 0 heterocycles. The van der Waals surface area contributed by atoms with Crippen LogP contribution in [0.15, 0.2) is 18.2 Å². The van der Waals surface area contributed by atoms with E-state index in [1.165, 1.54) is 31.7 Å². The monoisotopic (exact) mass is 295 g/mol. The molecule has 2 fully saturated rings. The Morgan fingerprint density at radius 2 is 2.20 bits per heavy atom. The van der Waals surface area contributed by atoms with Crippen molar-refractivity contribution >= 4 is 11.6 Å². The SMILES string of the molecule is CCNC(Cc1cc(Cl)ccc1F)C1CC2CCC1C2. The molecule has 0 saturated heterocycles. The molecule has 1 aromatic rings. The van der Waals surface area contributed by atoms with Gasteiger partial charge in [0.15, 0.2) is 0 Å². The van der Waals surface area contributed by atoms with Crippen LogP contribution in [0, 0.1) is 23.6 Å². The summed E-state index contributed by atoms with van der Waals surface area (Å²) in [6.45, 7) is 3.08. The van der Waals surface area contributed by atoms with Gasteiger partial charge in [-0.25, -0.2) is 4.39 Å². The third-order valence-electron chi connectivity index (χ3n) is 5.22. The molecule has 110 valence electrons. The van der Waals surface area contributed by atoms with Gasteiger partial charge in [0.1, 0.15) is 5.82 Å². The molecule has 0 amide bonds. The van der Waals surface area contributed by atoms with E-state index in [-0.39, 0.29) is 5.82 Å². The van der Waals surface area contributed by atoms with Crippen LogP contribution in [-0.4, -0.2) is 12.6 Å². The zero-order chi connectivity index (χ0) is 14.1. The minimum atomic E-state index is -0.125. The first-order valence-electron chi connectivity index (χ1n) is 7.84. The molecule has 2 aliphatic rings. The van der Waals surface area contributed by atoms with Crippen LogP contribution in [-0.2, 0) is 6.42 Å². The fourth-order valence-electron chi connectivity index (χ4n) is 4.36. The van der Waals surface area contributed by atoms with Crippen molar-refractivity contribution in [2.24, 2.45) is 17.8 Å². The van der Waals surface area contributed by atoms with Crippen LogP contribution >= 0.6 is 11.6 Å². The molecule has 2 bridgehead atoms. The molecule has 20 heavy (non-hydrogen) atoms. The Labute approximate surface area is 125 Å². The topological polar surface area (TPSA) is 12.0 Å². The number of hydrogen-bond donors (Lipinski definition) is 1. The van der Waals surface area contributed by atoms with Crippen LogP contribution in [0.5, 0.6) is 0 Å². The summed E-state index contributed by atoms with van der Waals surface area (Å²) in [7, 11) is 0. The largest absolute Gasteiger partial charge is 0.314 e. The number of benzene rings is 1. The minimum Gasteiger partial charge on any atom is -0.314 e. The number of fused-ring (bicyclic) bond motifs is 2. The van der Waals surface area contributed by atoms with Gasteiger partial charge in [0, 0.05) is 11.1 Å². The van der Waals surface area contributed by atoms with Gasteiger partial charge in [-0.2, -0.15) is 0 Å². The standard InChI is InChI=1S/C17H23ClFN/c1-2-20-17(15-8-11-3-4-12(15)7-11)10-13-9-14(18)5-6-16(13)19/h5-6,9,11-12,15,17,20H,2-4,7-8,10H2,1H3. The van der Waals surface area contributed by atoms with Crippen LogP contribution in [0.2, 0.25) is 5.02 Å². The van der Waals surface area contributed by atoms with Crippen LogP contribution in [0.3, 0.4) is 0 Å². The lowest BCUT2D eigenvalue weighted by atomic mass is 9.81. The average Bonchev–Trinajstić information content (AvgIpc) is 3.05. The molecule has 0 spiro atoms. The molecule has 3 heteroatoms. The highest BCUT2D eigenvalue weighted by molar-refractivity contribution is 6.30. The van der Waals surface area contributed by atoms with Gasteiger partial charge in [-0.15, -0.1) is 0 Å². The van der Waals surface area contributed by atoms with E-state index >= 15 is 0 Å². The van der Waals surface area contributed by atoms with Crippen molar-refractivity contribution in [3.63, 3.8) is 0 Å². The zero-order valence-corrected chi connectivity index (χ0v) is 12.8. The average molecular weight is 296 g/mol. The highest BCUT2D eigenvalue weighted by Gasteiger charge is 2.42. The first kappa shape index (κ1) is 14.3. The summed E-state index contributed by atoms with van der Waals surface area (Å²) >= 11 is 6.01. The smallest absolute Gasteiger partial charge is 0.126 e. The van der Waals surface area contributed by atoms with Crippen LogP contribution in [0.25, 0.3) is 0 Å². The lowest BCUT2D eigenvalue weighted by Gasteiger charge is -2.31.